The number of carbonyl (C=O) groups is 2. The SMILES string of the molecule is O=C(O)C1CCC(N2CCC2=O)CC1. The van der Waals surface area contributed by atoms with Crippen LogP contribution in [0, 0.1) is 5.92 Å². The molecular formula is C10H15NO3. The largest absolute Gasteiger partial charge is 0.481 e. The van der Waals surface area contributed by atoms with Crippen molar-refractivity contribution in [3.63, 3.8) is 0 Å². The van der Waals surface area contributed by atoms with Crippen molar-refractivity contribution in [2.75, 3.05) is 6.54 Å². The Balaban J connectivity index is 1.84. The Morgan fingerprint density at radius 2 is 1.93 bits per heavy atom. The van der Waals surface area contributed by atoms with Gasteiger partial charge in [-0.3, -0.25) is 9.59 Å². The van der Waals surface area contributed by atoms with E-state index in [4.69, 9.17) is 5.11 Å². The number of rotatable bonds is 2. The lowest BCUT2D eigenvalue weighted by molar-refractivity contribution is -0.146. The summed E-state index contributed by atoms with van der Waals surface area (Å²) in [5.41, 5.74) is 0. The summed E-state index contributed by atoms with van der Waals surface area (Å²) < 4.78 is 0. The average Bonchev–Trinajstić information content (AvgIpc) is 2.16. The number of likely N-dealkylation sites (tertiary alicyclic amines) is 1. The molecule has 14 heavy (non-hydrogen) atoms. The summed E-state index contributed by atoms with van der Waals surface area (Å²) in [7, 11) is 0. The van der Waals surface area contributed by atoms with Crippen LogP contribution >= 0.6 is 0 Å². The van der Waals surface area contributed by atoms with E-state index in [0.717, 1.165) is 32.2 Å². The Hall–Kier alpha value is -1.06. The van der Waals surface area contributed by atoms with Gasteiger partial charge in [0.2, 0.25) is 5.91 Å². The molecule has 1 amide bonds. The van der Waals surface area contributed by atoms with E-state index >= 15 is 0 Å². The maximum Gasteiger partial charge on any atom is 0.306 e. The molecule has 2 rings (SSSR count). The number of nitrogens with zero attached hydrogens (tertiary/aromatic N) is 1. The van der Waals surface area contributed by atoms with E-state index < -0.39 is 5.97 Å². The van der Waals surface area contributed by atoms with Crippen LogP contribution in [0.5, 0.6) is 0 Å². The number of carbonyl (C=O) groups excluding carboxylic acids is 1. The number of amides is 1. The zero-order chi connectivity index (χ0) is 10.1. The number of carboxylic acid groups (broad SMARTS) is 1. The number of aliphatic carboxylic acids is 1. The van der Waals surface area contributed by atoms with Crippen LogP contribution in [0.15, 0.2) is 0 Å². The minimum absolute atomic E-state index is 0.178. The predicted octanol–water partition coefficient (Wildman–Crippen LogP) is 0.862. The van der Waals surface area contributed by atoms with Crippen molar-refractivity contribution in [3.8, 4) is 0 Å². The van der Waals surface area contributed by atoms with Crippen LogP contribution < -0.4 is 0 Å². The highest BCUT2D eigenvalue weighted by Gasteiger charge is 2.35. The highest BCUT2D eigenvalue weighted by Crippen LogP contribution is 2.30. The second-order valence-corrected chi connectivity index (χ2v) is 4.18. The van der Waals surface area contributed by atoms with Gasteiger partial charge in [-0.05, 0) is 25.7 Å². The van der Waals surface area contributed by atoms with Gasteiger partial charge in [-0.2, -0.15) is 0 Å². The predicted molar refractivity (Wildman–Crippen MR) is 49.7 cm³/mol. The monoisotopic (exact) mass is 197 g/mol. The van der Waals surface area contributed by atoms with Crippen LogP contribution in [0.25, 0.3) is 0 Å². The molecule has 0 atom stereocenters. The third-order valence-electron chi connectivity index (χ3n) is 3.37. The molecule has 2 fully saturated rings. The van der Waals surface area contributed by atoms with Crippen LogP contribution in [-0.2, 0) is 9.59 Å². The second-order valence-electron chi connectivity index (χ2n) is 4.18. The topological polar surface area (TPSA) is 57.6 Å². The van der Waals surface area contributed by atoms with Gasteiger partial charge in [-0.25, -0.2) is 0 Å². The fourth-order valence-corrected chi connectivity index (χ4v) is 2.35. The second kappa shape index (κ2) is 3.59. The first-order chi connectivity index (χ1) is 6.68. The van der Waals surface area contributed by atoms with Crippen LogP contribution in [0.3, 0.4) is 0 Å². The number of β-lactam (4-membered cyclic amide) rings is 1. The van der Waals surface area contributed by atoms with Crippen molar-refractivity contribution >= 4 is 11.9 Å². The Bertz CT molecular complexity index is 256. The molecular weight excluding hydrogens is 182 g/mol. The van der Waals surface area contributed by atoms with Gasteiger partial charge in [0.05, 0.1) is 5.92 Å². The Morgan fingerprint density at radius 3 is 2.29 bits per heavy atom. The summed E-state index contributed by atoms with van der Waals surface area (Å²) in [6, 6.07) is 0.326. The first-order valence-electron chi connectivity index (χ1n) is 5.21. The van der Waals surface area contributed by atoms with E-state index in [9.17, 15) is 9.59 Å². The summed E-state index contributed by atoms with van der Waals surface area (Å²) in [6.45, 7) is 0.876. The van der Waals surface area contributed by atoms with Crippen molar-refractivity contribution in [1.29, 1.82) is 0 Å². The Morgan fingerprint density at radius 1 is 1.29 bits per heavy atom. The van der Waals surface area contributed by atoms with Gasteiger partial charge < -0.3 is 10.0 Å². The Kier molecular flexibility index (Phi) is 2.44. The summed E-state index contributed by atoms with van der Waals surface area (Å²) in [5, 5.41) is 8.81. The van der Waals surface area contributed by atoms with Crippen LogP contribution in [0.2, 0.25) is 0 Å². The highest BCUT2D eigenvalue weighted by atomic mass is 16.4. The van der Waals surface area contributed by atoms with Gasteiger partial charge in [0, 0.05) is 19.0 Å². The first kappa shape index (κ1) is 9.49. The minimum Gasteiger partial charge on any atom is -0.481 e. The molecule has 0 aromatic carbocycles. The van der Waals surface area contributed by atoms with Crippen molar-refractivity contribution < 1.29 is 14.7 Å². The molecule has 0 unspecified atom stereocenters. The van der Waals surface area contributed by atoms with Gasteiger partial charge in [0.15, 0.2) is 0 Å². The fourth-order valence-electron chi connectivity index (χ4n) is 2.35. The van der Waals surface area contributed by atoms with Gasteiger partial charge in [0.1, 0.15) is 0 Å². The van der Waals surface area contributed by atoms with Crippen LogP contribution in [-0.4, -0.2) is 34.5 Å². The smallest absolute Gasteiger partial charge is 0.306 e. The standard InChI is InChI=1S/C10H15NO3/c12-9-5-6-11(9)8-3-1-7(2-4-8)10(13)14/h7-8H,1-6H2,(H,13,14). The van der Waals surface area contributed by atoms with E-state index in [1.807, 2.05) is 4.90 Å². The van der Waals surface area contributed by atoms with Crippen molar-refractivity contribution in [3.05, 3.63) is 0 Å². The van der Waals surface area contributed by atoms with Gasteiger partial charge in [-0.15, -0.1) is 0 Å². The molecule has 78 valence electrons. The summed E-state index contributed by atoms with van der Waals surface area (Å²) >= 11 is 0. The number of hydrogen-bond donors (Lipinski definition) is 1. The summed E-state index contributed by atoms with van der Waals surface area (Å²) in [5.74, 6) is -0.621. The van der Waals surface area contributed by atoms with Crippen molar-refractivity contribution in [2.45, 2.75) is 38.1 Å². The molecule has 1 aliphatic heterocycles. The molecule has 0 bridgehead atoms. The molecule has 0 aromatic heterocycles. The van der Waals surface area contributed by atoms with Crippen molar-refractivity contribution in [1.82, 2.24) is 4.90 Å². The first-order valence-corrected chi connectivity index (χ1v) is 5.21. The third-order valence-corrected chi connectivity index (χ3v) is 3.37. The normalized spacial score (nSPS) is 32.6. The lowest BCUT2D eigenvalue weighted by atomic mass is 9.84. The molecule has 1 saturated carbocycles. The van der Waals surface area contributed by atoms with Gasteiger partial charge >= 0.3 is 5.97 Å². The maximum absolute atomic E-state index is 11.2. The van der Waals surface area contributed by atoms with Gasteiger partial charge in [0.25, 0.3) is 0 Å². The number of carboxylic acids is 1. The minimum atomic E-state index is -0.682. The van der Waals surface area contributed by atoms with Crippen LogP contribution in [0.4, 0.5) is 0 Å². The summed E-state index contributed by atoms with van der Waals surface area (Å²) in [6.07, 6.45) is 3.86. The van der Waals surface area contributed by atoms with Crippen LogP contribution in [0.1, 0.15) is 32.1 Å². The Labute approximate surface area is 82.9 Å². The molecule has 1 N–H and O–H groups in total. The lowest BCUT2D eigenvalue weighted by Crippen LogP contribution is -2.51. The molecule has 1 saturated heterocycles. The average molecular weight is 197 g/mol. The zero-order valence-electron chi connectivity index (χ0n) is 8.11. The molecule has 1 aliphatic carbocycles. The van der Waals surface area contributed by atoms with E-state index in [0.29, 0.717) is 12.5 Å². The lowest BCUT2D eigenvalue weighted by Gasteiger charge is -2.41. The molecule has 4 heteroatoms. The van der Waals surface area contributed by atoms with E-state index in [-0.39, 0.29) is 11.8 Å². The van der Waals surface area contributed by atoms with E-state index in [1.54, 1.807) is 0 Å². The van der Waals surface area contributed by atoms with Crippen molar-refractivity contribution in [2.24, 2.45) is 5.92 Å². The number of hydrogen-bond acceptors (Lipinski definition) is 2. The summed E-state index contributed by atoms with van der Waals surface area (Å²) in [4.78, 5) is 23.8. The molecule has 1 heterocycles. The van der Waals surface area contributed by atoms with Gasteiger partial charge in [-0.1, -0.05) is 0 Å². The molecule has 4 nitrogen and oxygen atoms in total. The van der Waals surface area contributed by atoms with E-state index in [2.05, 4.69) is 0 Å². The fraction of sp³-hybridized carbons (Fsp3) is 0.800. The third kappa shape index (κ3) is 1.61. The zero-order valence-corrected chi connectivity index (χ0v) is 8.11. The van der Waals surface area contributed by atoms with E-state index in [1.165, 1.54) is 0 Å². The molecule has 0 radical (unpaired) electrons. The molecule has 2 aliphatic rings. The highest BCUT2D eigenvalue weighted by molar-refractivity contribution is 5.82. The quantitative estimate of drug-likeness (QED) is 0.668. The maximum atomic E-state index is 11.2. The molecule has 0 aromatic rings. The molecule has 0 spiro atoms.